The predicted octanol–water partition coefficient (Wildman–Crippen LogP) is 4.39. The fraction of sp³-hybridized carbons (Fsp3) is 0.167. The summed E-state index contributed by atoms with van der Waals surface area (Å²) in [6.45, 7) is -0.0622. The molecule has 4 N–H and O–H groups in total. The Bertz CT molecular complexity index is 982. The number of carboxylic acid groups (broad SMARTS) is 1. The van der Waals surface area contributed by atoms with Crippen LogP contribution in [0.3, 0.4) is 0 Å². The predicted molar refractivity (Wildman–Crippen MR) is 114 cm³/mol. The van der Waals surface area contributed by atoms with E-state index in [0.29, 0.717) is 16.3 Å². The van der Waals surface area contributed by atoms with Gasteiger partial charge >= 0.3 is 5.97 Å². The van der Waals surface area contributed by atoms with Crippen LogP contribution in [0, 0.1) is 10.1 Å². The van der Waals surface area contributed by atoms with Gasteiger partial charge in [0.15, 0.2) is 0 Å². The Kier molecular flexibility index (Phi) is 10.2. The first-order valence-electron chi connectivity index (χ1n) is 8.14. The second-order valence-corrected chi connectivity index (χ2v) is 6.86. The summed E-state index contributed by atoms with van der Waals surface area (Å²) >= 11 is 17.5. The second-order valence-electron chi connectivity index (χ2n) is 5.61. The van der Waals surface area contributed by atoms with Crippen molar-refractivity contribution in [3.63, 3.8) is 0 Å². The number of nitro benzene ring substituents is 1. The minimum absolute atomic E-state index is 0.0475. The van der Waals surface area contributed by atoms with Crippen molar-refractivity contribution in [2.24, 2.45) is 10.7 Å². The number of benzene rings is 2. The van der Waals surface area contributed by atoms with Gasteiger partial charge in [0.2, 0.25) is 0 Å². The number of nitro groups is 1. The van der Waals surface area contributed by atoms with Gasteiger partial charge in [0.1, 0.15) is 11.5 Å². The van der Waals surface area contributed by atoms with E-state index >= 15 is 0 Å². The van der Waals surface area contributed by atoms with E-state index in [0.717, 1.165) is 0 Å². The topological polar surface area (TPSA) is 156 Å². The summed E-state index contributed by atoms with van der Waals surface area (Å²) < 4.78 is 0. The Morgan fingerprint density at radius 3 is 2.33 bits per heavy atom. The molecule has 0 bridgehead atoms. The van der Waals surface area contributed by atoms with Crippen LogP contribution in [-0.4, -0.2) is 39.6 Å². The molecule has 0 atom stereocenters. The maximum atomic E-state index is 10.6. The van der Waals surface area contributed by atoms with Crippen LogP contribution in [0.5, 0.6) is 5.75 Å². The van der Waals surface area contributed by atoms with Crippen molar-refractivity contribution >= 4 is 64.1 Å². The van der Waals surface area contributed by atoms with Gasteiger partial charge in [-0.2, -0.15) is 0 Å². The number of ketones is 1. The van der Waals surface area contributed by atoms with Crippen LogP contribution in [0.15, 0.2) is 35.3 Å². The van der Waals surface area contributed by atoms with E-state index in [9.17, 15) is 24.8 Å². The van der Waals surface area contributed by atoms with E-state index in [1.54, 1.807) is 0 Å². The Labute approximate surface area is 185 Å². The lowest BCUT2D eigenvalue weighted by molar-refractivity contribution is -0.384. The molecule has 0 fully saturated rings. The van der Waals surface area contributed by atoms with E-state index in [2.05, 4.69) is 4.99 Å². The van der Waals surface area contributed by atoms with Gasteiger partial charge in [-0.25, -0.2) is 0 Å². The van der Waals surface area contributed by atoms with Gasteiger partial charge in [0.05, 0.1) is 33.6 Å². The second kappa shape index (κ2) is 12.1. The SMILES string of the molecule is NCC(=O)CCC(=O)O.O=[N+]([O-])c1ccc(N=Cc2cc(Cl)cc(Cl)c2O)c(Cl)c1. The number of carbonyl (C=O) groups is 2. The van der Waals surface area contributed by atoms with E-state index in [-0.39, 0.29) is 46.7 Å². The average molecular weight is 477 g/mol. The Hall–Kier alpha value is -2.72. The number of aliphatic carboxylic acids is 1. The molecule has 30 heavy (non-hydrogen) atoms. The Balaban J connectivity index is 0.000000424. The van der Waals surface area contributed by atoms with Crippen molar-refractivity contribution in [2.45, 2.75) is 12.8 Å². The van der Waals surface area contributed by atoms with Crippen molar-refractivity contribution in [1.29, 1.82) is 0 Å². The lowest BCUT2D eigenvalue weighted by atomic mass is 10.2. The summed E-state index contributed by atoms with van der Waals surface area (Å²) in [5.74, 6) is -1.34. The number of carbonyl (C=O) groups excluding carboxylic acids is 1. The van der Waals surface area contributed by atoms with Crippen LogP contribution in [0.1, 0.15) is 18.4 Å². The van der Waals surface area contributed by atoms with E-state index in [1.165, 1.54) is 36.5 Å². The van der Waals surface area contributed by atoms with Crippen molar-refractivity contribution in [2.75, 3.05) is 6.54 Å². The van der Waals surface area contributed by atoms with Crippen LogP contribution in [-0.2, 0) is 9.59 Å². The highest BCUT2D eigenvalue weighted by molar-refractivity contribution is 6.36. The normalized spacial score (nSPS) is 10.4. The molecule has 0 aliphatic heterocycles. The number of phenolic OH excluding ortho intramolecular Hbond substituents is 1. The molecule has 9 nitrogen and oxygen atoms in total. The van der Waals surface area contributed by atoms with E-state index in [1.807, 2.05) is 0 Å². The molecule has 0 aliphatic carbocycles. The molecule has 2 aromatic rings. The smallest absolute Gasteiger partial charge is 0.303 e. The van der Waals surface area contributed by atoms with Crippen LogP contribution in [0.2, 0.25) is 15.1 Å². The third-order valence-electron chi connectivity index (χ3n) is 3.39. The number of aliphatic imine (C=N–C) groups is 1. The average Bonchev–Trinajstić information content (AvgIpc) is 2.68. The standard InChI is InChI=1S/C13H7Cl3N2O3.C5H9NO3/c14-8-3-7(13(19)11(16)4-8)6-17-12-2-1-9(18(20)21)5-10(12)15;6-3-4(7)1-2-5(8)9/h1-6,19H;1-3,6H2,(H,8,9). The molecule has 0 spiro atoms. The first-order chi connectivity index (χ1) is 14.0. The lowest BCUT2D eigenvalue weighted by Gasteiger charge is -2.03. The molecular formula is C18H16Cl3N3O6. The van der Waals surface area contributed by atoms with Crippen molar-refractivity contribution < 1.29 is 24.7 Å². The zero-order valence-electron chi connectivity index (χ0n) is 15.2. The molecule has 12 heteroatoms. The molecule has 2 rings (SSSR count). The number of aromatic hydroxyl groups is 1. The molecule has 0 unspecified atom stereocenters. The fourth-order valence-corrected chi connectivity index (χ4v) is 2.62. The number of nitrogens with two attached hydrogens (primary N) is 1. The number of hydrogen-bond donors (Lipinski definition) is 3. The molecule has 0 aromatic heterocycles. The molecule has 160 valence electrons. The van der Waals surface area contributed by atoms with Gasteiger partial charge in [-0.1, -0.05) is 34.8 Å². The summed E-state index contributed by atoms with van der Waals surface area (Å²) in [5, 5.41) is 29.0. The maximum absolute atomic E-state index is 10.6. The number of Topliss-reactive ketones (excluding diaryl/α,β-unsaturated/α-hetero) is 1. The summed E-state index contributed by atoms with van der Waals surface area (Å²) in [4.78, 5) is 34.3. The molecule has 0 aliphatic rings. The molecule has 2 aromatic carbocycles. The highest BCUT2D eigenvalue weighted by Crippen LogP contribution is 2.32. The van der Waals surface area contributed by atoms with Gasteiger partial charge in [-0.15, -0.1) is 0 Å². The van der Waals surface area contributed by atoms with Crippen molar-refractivity contribution in [1.82, 2.24) is 0 Å². The van der Waals surface area contributed by atoms with E-state index in [4.69, 9.17) is 45.6 Å². The zero-order chi connectivity index (χ0) is 22.8. The summed E-state index contributed by atoms with van der Waals surface area (Å²) in [6, 6.07) is 6.75. The Morgan fingerprint density at radius 2 is 1.80 bits per heavy atom. The first kappa shape index (κ1) is 25.3. The van der Waals surface area contributed by atoms with Gasteiger partial charge < -0.3 is 15.9 Å². The molecule has 0 heterocycles. The summed E-state index contributed by atoms with van der Waals surface area (Å²) in [5.41, 5.74) is 5.41. The van der Waals surface area contributed by atoms with Gasteiger partial charge in [0, 0.05) is 35.4 Å². The fourth-order valence-electron chi connectivity index (χ4n) is 1.89. The highest BCUT2D eigenvalue weighted by atomic mass is 35.5. The van der Waals surface area contributed by atoms with Gasteiger partial charge in [-0.05, 0) is 18.2 Å². The third kappa shape index (κ3) is 8.34. The van der Waals surface area contributed by atoms with Crippen LogP contribution >= 0.6 is 34.8 Å². The lowest BCUT2D eigenvalue weighted by Crippen LogP contribution is -2.14. The number of hydrogen-bond acceptors (Lipinski definition) is 7. The number of halogens is 3. The third-order valence-corrected chi connectivity index (χ3v) is 4.20. The number of carboxylic acids is 1. The quantitative estimate of drug-likeness (QED) is 0.304. The number of phenols is 1. The highest BCUT2D eigenvalue weighted by Gasteiger charge is 2.10. The molecule has 0 saturated carbocycles. The monoisotopic (exact) mass is 475 g/mol. The minimum atomic E-state index is -0.961. The largest absolute Gasteiger partial charge is 0.506 e. The number of non-ortho nitro benzene ring substituents is 1. The maximum Gasteiger partial charge on any atom is 0.303 e. The molecular weight excluding hydrogens is 461 g/mol. The Morgan fingerprint density at radius 1 is 1.13 bits per heavy atom. The van der Waals surface area contributed by atoms with Crippen molar-refractivity contribution in [3.8, 4) is 5.75 Å². The van der Waals surface area contributed by atoms with Gasteiger partial charge in [-0.3, -0.25) is 24.7 Å². The van der Waals surface area contributed by atoms with Crippen molar-refractivity contribution in [3.05, 3.63) is 61.1 Å². The summed E-state index contributed by atoms with van der Waals surface area (Å²) in [6.07, 6.45) is 1.25. The minimum Gasteiger partial charge on any atom is -0.506 e. The molecule has 0 saturated heterocycles. The van der Waals surface area contributed by atoms with Crippen LogP contribution in [0.4, 0.5) is 11.4 Å². The number of nitrogens with zero attached hydrogens (tertiary/aromatic N) is 2. The van der Waals surface area contributed by atoms with Gasteiger partial charge in [0.25, 0.3) is 5.69 Å². The number of rotatable bonds is 7. The first-order valence-corrected chi connectivity index (χ1v) is 9.28. The molecule has 0 amide bonds. The summed E-state index contributed by atoms with van der Waals surface area (Å²) in [7, 11) is 0. The van der Waals surface area contributed by atoms with Crippen LogP contribution < -0.4 is 5.73 Å². The molecule has 0 radical (unpaired) electrons. The zero-order valence-corrected chi connectivity index (χ0v) is 17.5. The van der Waals surface area contributed by atoms with Crippen LogP contribution in [0.25, 0.3) is 0 Å². The van der Waals surface area contributed by atoms with E-state index < -0.39 is 10.9 Å².